The molecule has 0 aliphatic carbocycles. The number of allylic oxidation sites excluding steroid dienone is 1. The number of hydrogen-bond donors (Lipinski definition) is 0. The van der Waals surface area contributed by atoms with Crippen LogP contribution in [0.4, 0.5) is 0 Å². The van der Waals surface area contributed by atoms with Crippen molar-refractivity contribution < 1.29 is 23.8 Å². The van der Waals surface area contributed by atoms with Gasteiger partial charge in [0.25, 0.3) is 0 Å². The predicted octanol–water partition coefficient (Wildman–Crippen LogP) is 4.28. The first-order valence-corrected chi connectivity index (χ1v) is 8.09. The topological polar surface area (TPSA) is 61.8 Å². The highest BCUT2D eigenvalue weighted by Crippen LogP contribution is 2.33. The van der Waals surface area contributed by atoms with Crippen molar-refractivity contribution >= 4 is 24.4 Å². The van der Waals surface area contributed by atoms with Crippen LogP contribution in [0.5, 0.6) is 17.2 Å². The summed E-state index contributed by atoms with van der Waals surface area (Å²) in [6.07, 6.45) is 6.88. The Bertz CT molecular complexity index is 804. The molecule has 0 saturated heterocycles. The summed E-state index contributed by atoms with van der Waals surface area (Å²) in [4.78, 5) is 21.8. The monoisotopic (exact) mass is 352 g/mol. The molecule has 0 aliphatic heterocycles. The number of ether oxygens (including phenoxy) is 3. The third-order valence-electron chi connectivity index (χ3n) is 3.36. The SMILES string of the molecule is CCOC(=O)/C=C/c1ccc(OC)c(Oc2ccc(/C=C/C=O)cc2)c1. The number of carbonyl (C=O) groups excluding carboxylic acids is 2. The maximum absolute atomic E-state index is 11.4. The van der Waals surface area contributed by atoms with Crippen LogP contribution < -0.4 is 9.47 Å². The van der Waals surface area contributed by atoms with Gasteiger partial charge >= 0.3 is 5.97 Å². The first kappa shape index (κ1) is 19.0. The van der Waals surface area contributed by atoms with E-state index in [1.54, 1.807) is 50.5 Å². The quantitative estimate of drug-likeness (QED) is 0.403. The van der Waals surface area contributed by atoms with Crippen molar-refractivity contribution in [1.82, 2.24) is 0 Å². The van der Waals surface area contributed by atoms with E-state index in [1.165, 1.54) is 12.2 Å². The number of carbonyl (C=O) groups is 2. The lowest BCUT2D eigenvalue weighted by atomic mass is 10.2. The Balaban J connectivity index is 2.18. The highest BCUT2D eigenvalue weighted by Gasteiger charge is 2.07. The van der Waals surface area contributed by atoms with E-state index in [2.05, 4.69) is 0 Å². The van der Waals surface area contributed by atoms with Crippen LogP contribution in [-0.4, -0.2) is 26.0 Å². The zero-order chi connectivity index (χ0) is 18.8. The number of methoxy groups -OCH3 is 1. The lowest BCUT2D eigenvalue weighted by Crippen LogP contribution is -1.98. The summed E-state index contributed by atoms with van der Waals surface area (Å²) in [5, 5.41) is 0. The van der Waals surface area contributed by atoms with Crippen LogP contribution in [0.25, 0.3) is 12.2 Å². The van der Waals surface area contributed by atoms with Gasteiger partial charge in [-0.05, 0) is 54.5 Å². The molecule has 0 bridgehead atoms. The molecule has 2 aromatic rings. The van der Waals surface area contributed by atoms with Gasteiger partial charge in [-0.25, -0.2) is 4.79 Å². The van der Waals surface area contributed by atoms with E-state index < -0.39 is 5.97 Å². The van der Waals surface area contributed by atoms with Crippen molar-refractivity contribution in [1.29, 1.82) is 0 Å². The standard InChI is InChI=1S/C21H20O5/c1-3-25-21(23)13-9-17-8-12-19(24-2)20(15-17)26-18-10-6-16(7-11-18)5-4-14-22/h4-15H,3H2,1-2H3/b5-4+,13-9+. The van der Waals surface area contributed by atoms with E-state index in [0.717, 1.165) is 17.4 Å². The fraction of sp³-hybridized carbons (Fsp3) is 0.143. The van der Waals surface area contributed by atoms with Gasteiger partial charge in [0.2, 0.25) is 0 Å². The van der Waals surface area contributed by atoms with Gasteiger partial charge in [0.05, 0.1) is 13.7 Å². The van der Waals surface area contributed by atoms with Gasteiger partial charge in [-0.15, -0.1) is 0 Å². The van der Waals surface area contributed by atoms with Gasteiger partial charge in [0.1, 0.15) is 12.0 Å². The van der Waals surface area contributed by atoms with Crippen LogP contribution in [-0.2, 0) is 14.3 Å². The zero-order valence-electron chi connectivity index (χ0n) is 14.7. The lowest BCUT2D eigenvalue weighted by Gasteiger charge is -2.11. The van der Waals surface area contributed by atoms with E-state index in [1.807, 2.05) is 18.2 Å². The van der Waals surface area contributed by atoms with E-state index in [9.17, 15) is 9.59 Å². The summed E-state index contributed by atoms with van der Waals surface area (Å²) in [5.41, 5.74) is 1.67. The normalized spacial score (nSPS) is 10.8. The van der Waals surface area contributed by atoms with Gasteiger partial charge in [0.15, 0.2) is 11.5 Å². The molecule has 26 heavy (non-hydrogen) atoms. The van der Waals surface area contributed by atoms with E-state index in [4.69, 9.17) is 14.2 Å². The first-order chi connectivity index (χ1) is 12.7. The zero-order valence-corrected chi connectivity index (χ0v) is 14.7. The number of hydrogen-bond acceptors (Lipinski definition) is 5. The smallest absolute Gasteiger partial charge is 0.330 e. The summed E-state index contributed by atoms with van der Waals surface area (Å²) < 4.78 is 16.1. The molecule has 5 nitrogen and oxygen atoms in total. The van der Waals surface area contributed by atoms with Crippen LogP contribution in [0.2, 0.25) is 0 Å². The summed E-state index contributed by atoms with van der Waals surface area (Å²) in [6.45, 7) is 2.09. The van der Waals surface area contributed by atoms with Crippen molar-refractivity contribution in [2.75, 3.05) is 13.7 Å². The van der Waals surface area contributed by atoms with Crippen LogP contribution in [0.1, 0.15) is 18.1 Å². The second-order valence-corrected chi connectivity index (χ2v) is 5.16. The van der Waals surface area contributed by atoms with Crippen molar-refractivity contribution in [3.05, 3.63) is 65.7 Å². The fourth-order valence-corrected chi connectivity index (χ4v) is 2.16. The molecule has 0 N–H and O–H groups in total. The van der Waals surface area contributed by atoms with Crippen LogP contribution in [0.15, 0.2) is 54.6 Å². The summed E-state index contributed by atoms with van der Waals surface area (Å²) in [5.74, 6) is 1.32. The molecule has 5 heteroatoms. The Morgan fingerprint density at radius 1 is 1.00 bits per heavy atom. The molecule has 2 rings (SSSR count). The molecule has 0 fully saturated rings. The average Bonchev–Trinajstić information content (AvgIpc) is 2.66. The van der Waals surface area contributed by atoms with E-state index >= 15 is 0 Å². The van der Waals surface area contributed by atoms with Crippen LogP contribution >= 0.6 is 0 Å². The van der Waals surface area contributed by atoms with Gasteiger partial charge in [-0.2, -0.15) is 0 Å². The van der Waals surface area contributed by atoms with Gasteiger partial charge in [0, 0.05) is 6.08 Å². The molecule has 0 saturated carbocycles. The number of aldehydes is 1. The highest BCUT2D eigenvalue weighted by atomic mass is 16.5. The second kappa shape index (κ2) is 9.84. The van der Waals surface area contributed by atoms with Crippen molar-refractivity contribution in [2.45, 2.75) is 6.92 Å². The molecule has 0 heterocycles. The molecule has 0 aliphatic rings. The molecule has 0 aromatic heterocycles. The Kier molecular flexibility index (Phi) is 7.18. The van der Waals surface area contributed by atoms with Crippen molar-refractivity contribution in [3.8, 4) is 17.2 Å². The molecule has 0 radical (unpaired) electrons. The Morgan fingerprint density at radius 2 is 1.73 bits per heavy atom. The van der Waals surface area contributed by atoms with Gasteiger partial charge < -0.3 is 14.2 Å². The molecule has 0 amide bonds. The summed E-state index contributed by atoms with van der Waals surface area (Å²) in [7, 11) is 1.56. The summed E-state index contributed by atoms with van der Waals surface area (Å²) in [6, 6.07) is 12.6. The third kappa shape index (κ3) is 5.63. The third-order valence-corrected chi connectivity index (χ3v) is 3.36. The van der Waals surface area contributed by atoms with E-state index in [-0.39, 0.29) is 0 Å². The number of rotatable bonds is 8. The van der Waals surface area contributed by atoms with Crippen molar-refractivity contribution in [2.24, 2.45) is 0 Å². The minimum atomic E-state index is -0.398. The maximum atomic E-state index is 11.4. The van der Waals surface area contributed by atoms with Crippen molar-refractivity contribution in [3.63, 3.8) is 0 Å². The summed E-state index contributed by atoms with van der Waals surface area (Å²) >= 11 is 0. The van der Waals surface area contributed by atoms with E-state index in [0.29, 0.717) is 23.9 Å². The maximum Gasteiger partial charge on any atom is 0.330 e. The number of esters is 1. The molecular formula is C21H20O5. The Labute approximate surface area is 152 Å². The molecule has 0 unspecified atom stereocenters. The Hall–Kier alpha value is -3.34. The largest absolute Gasteiger partial charge is 0.493 e. The first-order valence-electron chi connectivity index (χ1n) is 8.09. The average molecular weight is 352 g/mol. The Morgan fingerprint density at radius 3 is 2.38 bits per heavy atom. The fourth-order valence-electron chi connectivity index (χ4n) is 2.16. The second-order valence-electron chi connectivity index (χ2n) is 5.16. The molecular weight excluding hydrogens is 332 g/mol. The minimum Gasteiger partial charge on any atom is -0.493 e. The highest BCUT2D eigenvalue weighted by molar-refractivity contribution is 5.87. The molecule has 134 valence electrons. The van der Waals surface area contributed by atoms with Gasteiger partial charge in [-0.3, -0.25) is 4.79 Å². The molecule has 0 atom stereocenters. The molecule has 0 spiro atoms. The lowest BCUT2D eigenvalue weighted by molar-refractivity contribution is -0.137. The predicted molar refractivity (Wildman–Crippen MR) is 100 cm³/mol. The van der Waals surface area contributed by atoms with Gasteiger partial charge in [-0.1, -0.05) is 24.3 Å². The van der Waals surface area contributed by atoms with Crippen LogP contribution in [0, 0.1) is 0 Å². The minimum absolute atomic E-state index is 0.332. The number of benzene rings is 2. The van der Waals surface area contributed by atoms with Crippen LogP contribution in [0.3, 0.4) is 0 Å². The molecule has 2 aromatic carbocycles.